The highest BCUT2D eigenvalue weighted by atomic mass is 35.5. The molecule has 0 atom stereocenters. The van der Waals surface area contributed by atoms with Gasteiger partial charge in [-0.05, 0) is 60.7 Å². The van der Waals surface area contributed by atoms with E-state index in [4.69, 9.17) is 28.9 Å². The Balaban J connectivity index is 1.86. The molecule has 0 saturated heterocycles. The van der Waals surface area contributed by atoms with Crippen LogP contribution in [0.4, 0.5) is 11.4 Å². The molecule has 4 N–H and O–H groups in total. The van der Waals surface area contributed by atoms with Crippen LogP contribution in [0.2, 0.25) is 5.02 Å². The summed E-state index contributed by atoms with van der Waals surface area (Å²) in [6.45, 7) is 0. The Bertz CT molecular complexity index is 644. The summed E-state index contributed by atoms with van der Waals surface area (Å²) in [7, 11) is 0. The molecule has 108 valence electrons. The molecule has 2 aromatic carbocycles. The zero-order chi connectivity index (χ0) is 15.2. The second kappa shape index (κ2) is 6.92. The van der Waals surface area contributed by atoms with Crippen molar-refractivity contribution in [3.05, 3.63) is 59.1 Å². The number of hydrazine groups is 1. The fourth-order valence-corrected chi connectivity index (χ4v) is 1.82. The van der Waals surface area contributed by atoms with Crippen LogP contribution in [-0.2, 0) is 0 Å². The number of nitrogens with one attached hydrogen (secondary N) is 3. The Hall–Kier alpha value is -2.31. The van der Waals surface area contributed by atoms with Gasteiger partial charge >= 0.3 is 5.97 Å². The molecule has 0 bridgehead atoms. The SMILES string of the molecule is O=C(O)c1ccc(NNC(=S)Nc2ccc(Cl)cc2)cc1. The van der Waals surface area contributed by atoms with E-state index in [2.05, 4.69) is 16.2 Å². The van der Waals surface area contributed by atoms with Gasteiger partial charge in [-0.15, -0.1) is 0 Å². The van der Waals surface area contributed by atoms with Crippen molar-refractivity contribution in [2.24, 2.45) is 0 Å². The molecule has 0 aliphatic rings. The maximum atomic E-state index is 10.7. The van der Waals surface area contributed by atoms with E-state index in [0.717, 1.165) is 5.69 Å². The summed E-state index contributed by atoms with van der Waals surface area (Å²) in [5, 5.41) is 12.8. The average molecular weight is 322 g/mol. The maximum Gasteiger partial charge on any atom is 0.335 e. The summed E-state index contributed by atoms with van der Waals surface area (Å²) < 4.78 is 0. The van der Waals surface area contributed by atoms with E-state index >= 15 is 0 Å². The molecule has 2 aromatic rings. The lowest BCUT2D eigenvalue weighted by molar-refractivity contribution is 0.0697. The minimum atomic E-state index is -0.963. The summed E-state index contributed by atoms with van der Waals surface area (Å²) in [5.74, 6) is -0.963. The monoisotopic (exact) mass is 321 g/mol. The zero-order valence-electron chi connectivity index (χ0n) is 10.8. The van der Waals surface area contributed by atoms with E-state index in [0.29, 0.717) is 15.8 Å². The van der Waals surface area contributed by atoms with Gasteiger partial charge in [-0.3, -0.25) is 10.9 Å². The predicted molar refractivity (Wildman–Crippen MR) is 87.8 cm³/mol. The van der Waals surface area contributed by atoms with E-state index in [9.17, 15) is 4.79 Å². The number of carbonyl (C=O) groups is 1. The van der Waals surface area contributed by atoms with Crippen LogP contribution in [0.5, 0.6) is 0 Å². The average Bonchev–Trinajstić information content (AvgIpc) is 2.48. The van der Waals surface area contributed by atoms with E-state index in [1.165, 1.54) is 12.1 Å². The third-order valence-corrected chi connectivity index (χ3v) is 3.01. The zero-order valence-corrected chi connectivity index (χ0v) is 12.3. The highest BCUT2D eigenvalue weighted by Crippen LogP contribution is 2.13. The van der Waals surface area contributed by atoms with Gasteiger partial charge in [0, 0.05) is 10.7 Å². The van der Waals surface area contributed by atoms with Gasteiger partial charge in [0.1, 0.15) is 0 Å². The van der Waals surface area contributed by atoms with Gasteiger partial charge in [0.15, 0.2) is 5.11 Å². The quantitative estimate of drug-likeness (QED) is 0.511. The smallest absolute Gasteiger partial charge is 0.335 e. The Morgan fingerprint density at radius 2 is 1.57 bits per heavy atom. The lowest BCUT2D eigenvalue weighted by Crippen LogP contribution is -2.33. The maximum absolute atomic E-state index is 10.7. The molecular formula is C14H12ClN3O2S. The van der Waals surface area contributed by atoms with Crippen molar-refractivity contribution in [3.8, 4) is 0 Å². The van der Waals surface area contributed by atoms with Crippen LogP contribution in [0.15, 0.2) is 48.5 Å². The Morgan fingerprint density at radius 3 is 2.14 bits per heavy atom. The van der Waals surface area contributed by atoms with Crippen molar-refractivity contribution in [1.82, 2.24) is 5.43 Å². The number of anilines is 2. The molecule has 2 rings (SSSR count). The topological polar surface area (TPSA) is 73.4 Å². The Kier molecular flexibility index (Phi) is 4.97. The molecule has 0 aliphatic carbocycles. The highest BCUT2D eigenvalue weighted by Gasteiger charge is 2.02. The molecule has 0 spiro atoms. The fraction of sp³-hybridized carbons (Fsp3) is 0. The number of rotatable bonds is 4. The van der Waals surface area contributed by atoms with Crippen molar-refractivity contribution in [1.29, 1.82) is 0 Å². The number of carboxylic acid groups (broad SMARTS) is 1. The van der Waals surface area contributed by atoms with Crippen LogP contribution in [0, 0.1) is 0 Å². The Labute approximate surface area is 131 Å². The minimum absolute atomic E-state index is 0.224. The first-order valence-electron chi connectivity index (χ1n) is 5.96. The lowest BCUT2D eigenvalue weighted by atomic mass is 10.2. The van der Waals surface area contributed by atoms with E-state index < -0.39 is 5.97 Å². The molecule has 5 nitrogen and oxygen atoms in total. The molecule has 0 fully saturated rings. The first-order chi connectivity index (χ1) is 10.0. The van der Waals surface area contributed by atoms with E-state index in [-0.39, 0.29) is 5.56 Å². The summed E-state index contributed by atoms with van der Waals surface area (Å²) >= 11 is 10.9. The summed E-state index contributed by atoms with van der Waals surface area (Å²) in [5.41, 5.74) is 7.39. The summed E-state index contributed by atoms with van der Waals surface area (Å²) in [4.78, 5) is 10.7. The van der Waals surface area contributed by atoms with Crippen molar-refractivity contribution in [2.45, 2.75) is 0 Å². The van der Waals surface area contributed by atoms with Crippen LogP contribution >= 0.6 is 23.8 Å². The molecule has 0 amide bonds. The number of hydrogen-bond acceptors (Lipinski definition) is 3. The minimum Gasteiger partial charge on any atom is -0.478 e. The van der Waals surface area contributed by atoms with Gasteiger partial charge in [-0.25, -0.2) is 4.79 Å². The number of hydrogen-bond donors (Lipinski definition) is 4. The molecule has 0 unspecified atom stereocenters. The van der Waals surface area contributed by atoms with Crippen LogP contribution in [0.25, 0.3) is 0 Å². The highest BCUT2D eigenvalue weighted by molar-refractivity contribution is 7.80. The van der Waals surface area contributed by atoms with Crippen LogP contribution in [-0.4, -0.2) is 16.2 Å². The summed E-state index contributed by atoms with van der Waals surface area (Å²) in [6, 6.07) is 13.4. The second-order valence-corrected chi connectivity index (χ2v) is 4.94. The molecular weight excluding hydrogens is 310 g/mol. The third kappa shape index (κ3) is 4.62. The fourth-order valence-electron chi connectivity index (χ4n) is 1.52. The van der Waals surface area contributed by atoms with Crippen LogP contribution in [0.3, 0.4) is 0 Å². The third-order valence-electron chi connectivity index (χ3n) is 2.55. The van der Waals surface area contributed by atoms with Crippen LogP contribution < -0.4 is 16.2 Å². The number of carboxylic acids is 1. The van der Waals surface area contributed by atoms with Crippen molar-refractivity contribution >= 4 is 46.3 Å². The van der Waals surface area contributed by atoms with Gasteiger partial charge in [0.2, 0.25) is 0 Å². The number of aromatic carboxylic acids is 1. The molecule has 21 heavy (non-hydrogen) atoms. The second-order valence-electron chi connectivity index (χ2n) is 4.09. The first kappa shape index (κ1) is 15.1. The first-order valence-corrected chi connectivity index (χ1v) is 6.75. The standard InChI is InChI=1S/C14H12ClN3O2S/c15-10-3-7-11(8-4-10)16-14(21)18-17-12-5-1-9(2-6-12)13(19)20/h1-8,17H,(H,19,20)(H2,16,18,21). The van der Waals surface area contributed by atoms with Crippen molar-refractivity contribution in [2.75, 3.05) is 10.7 Å². The number of thiocarbonyl (C=S) groups is 1. The lowest BCUT2D eigenvalue weighted by Gasteiger charge is -2.12. The van der Waals surface area contributed by atoms with E-state index in [1.54, 1.807) is 36.4 Å². The van der Waals surface area contributed by atoms with Gasteiger partial charge in [-0.1, -0.05) is 11.6 Å². The van der Waals surface area contributed by atoms with Gasteiger partial charge in [-0.2, -0.15) is 0 Å². The number of halogens is 1. The van der Waals surface area contributed by atoms with Crippen LogP contribution in [0.1, 0.15) is 10.4 Å². The van der Waals surface area contributed by atoms with Crippen molar-refractivity contribution in [3.63, 3.8) is 0 Å². The van der Waals surface area contributed by atoms with E-state index in [1.807, 2.05) is 0 Å². The molecule has 0 aliphatic heterocycles. The summed E-state index contributed by atoms with van der Waals surface area (Å²) in [6.07, 6.45) is 0. The normalized spacial score (nSPS) is 9.76. The molecule has 0 radical (unpaired) electrons. The van der Waals surface area contributed by atoms with Crippen molar-refractivity contribution < 1.29 is 9.90 Å². The molecule has 0 saturated carbocycles. The molecule has 0 aromatic heterocycles. The van der Waals surface area contributed by atoms with Gasteiger partial charge in [0.25, 0.3) is 0 Å². The van der Waals surface area contributed by atoms with Gasteiger partial charge < -0.3 is 10.4 Å². The molecule has 7 heteroatoms. The predicted octanol–water partition coefficient (Wildman–Crippen LogP) is 3.35. The number of benzene rings is 2. The Morgan fingerprint density at radius 1 is 1.00 bits per heavy atom. The molecule has 0 heterocycles. The largest absolute Gasteiger partial charge is 0.478 e. The van der Waals surface area contributed by atoms with Gasteiger partial charge in [0.05, 0.1) is 11.3 Å².